The number of amides is 1. The molecule has 0 spiro atoms. The molecule has 1 amide bonds. The van der Waals surface area contributed by atoms with Gasteiger partial charge in [0.1, 0.15) is 11.5 Å². The minimum absolute atomic E-state index is 0.0165. The van der Waals surface area contributed by atoms with Crippen LogP contribution in [0.1, 0.15) is 43.5 Å². The van der Waals surface area contributed by atoms with Gasteiger partial charge in [-0.05, 0) is 87.8 Å². The molecule has 0 radical (unpaired) electrons. The Bertz CT molecular complexity index is 1180. The van der Waals surface area contributed by atoms with Gasteiger partial charge >= 0.3 is 0 Å². The van der Waals surface area contributed by atoms with Gasteiger partial charge in [0, 0.05) is 30.3 Å². The van der Waals surface area contributed by atoms with Gasteiger partial charge in [-0.3, -0.25) is 4.79 Å². The van der Waals surface area contributed by atoms with Crippen LogP contribution in [-0.2, 0) is 0 Å². The summed E-state index contributed by atoms with van der Waals surface area (Å²) < 4.78 is 11.7. The molecule has 0 saturated heterocycles. The van der Waals surface area contributed by atoms with E-state index in [9.17, 15) is 4.79 Å². The topological polar surface area (TPSA) is 54.0 Å². The van der Waals surface area contributed by atoms with Crippen LogP contribution in [-0.4, -0.2) is 57.2 Å². The molecular weight excluding hydrogens is 462 g/mol. The van der Waals surface area contributed by atoms with Crippen molar-refractivity contribution in [3.63, 3.8) is 0 Å². The van der Waals surface area contributed by atoms with E-state index < -0.39 is 0 Å². The molecule has 196 valence electrons. The van der Waals surface area contributed by atoms with Gasteiger partial charge in [0.2, 0.25) is 0 Å². The average molecular weight is 502 g/mol. The SMILES string of the molecule is CCCN(C)CCCOc1cc(C(=O)N2CC[C@H](C)Nc3ccccc32)ccc1-c1ccc(OC)cc1. The van der Waals surface area contributed by atoms with Gasteiger partial charge in [-0.25, -0.2) is 0 Å². The molecule has 6 heteroatoms. The molecule has 0 fully saturated rings. The Balaban J connectivity index is 1.61. The van der Waals surface area contributed by atoms with Crippen molar-refractivity contribution >= 4 is 17.3 Å². The van der Waals surface area contributed by atoms with Gasteiger partial charge in [-0.1, -0.05) is 31.2 Å². The fraction of sp³-hybridized carbons (Fsp3) is 0.387. The number of ether oxygens (including phenoxy) is 2. The molecule has 0 unspecified atom stereocenters. The van der Waals surface area contributed by atoms with E-state index in [1.54, 1.807) is 7.11 Å². The summed E-state index contributed by atoms with van der Waals surface area (Å²) in [4.78, 5) is 18.0. The largest absolute Gasteiger partial charge is 0.497 e. The Morgan fingerprint density at radius 1 is 1.08 bits per heavy atom. The van der Waals surface area contributed by atoms with Gasteiger partial charge in [-0.2, -0.15) is 0 Å². The van der Waals surface area contributed by atoms with Crippen LogP contribution in [0.15, 0.2) is 66.7 Å². The van der Waals surface area contributed by atoms with Crippen LogP contribution in [0.25, 0.3) is 11.1 Å². The molecule has 0 aromatic heterocycles. The number of methoxy groups -OCH3 is 1. The maximum Gasteiger partial charge on any atom is 0.258 e. The zero-order chi connectivity index (χ0) is 26.2. The van der Waals surface area contributed by atoms with Gasteiger partial charge in [0.15, 0.2) is 0 Å². The van der Waals surface area contributed by atoms with E-state index in [1.165, 1.54) is 0 Å². The predicted octanol–water partition coefficient (Wildman–Crippen LogP) is 6.32. The zero-order valence-electron chi connectivity index (χ0n) is 22.5. The number of rotatable bonds is 10. The Morgan fingerprint density at radius 3 is 2.62 bits per heavy atom. The number of fused-ring (bicyclic) bond motifs is 1. The lowest BCUT2D eigenvalue weighted by molar-refractivity contribution is 0.0986. The van der Waals surface area contributed by atoms with Crippen LogP contribution in [0, 0.1) is 0 Å². The van der Waals surface area contributed by atoms with Crippen LogP contribution in [0.3, 0.4) is 0 Å². The van der Waals surface area contributed by atoms with Crippen molar-refractivity contribution < 1.29 is 14.3 Å². The molecular formula is C31H39N3O3. The number of nitrogens with one attached hydrogen (secondary N) is 1. The second-order valence-corrected chi connectivity index (χ2v) is 9.75. The lowest BCUT2D eigenvalue weighted by Crippen LogP contribution is -2.32. The first-order valence-corrected chi connectivity index (χ1v) is 13.3. The number of anilines is 2. The molecule has 1 aliphatic rings. The van der Waals surface area contributed by atoms with Gasteiger partial charge in [-0.15, -0.1) is 0 Å². The molecule has 0 aliphatic carbocycles. The van der Waals surface area contributed by atoms with Gasteiger partial charge in [0.25, 0.3) is 5.91 Å². The van der Waals surface area contributed by atoms with Gasteiger partial charge < -0.3 is 24.6 Å². The highest BCUT2D eigenvalue weighted by Gasteiger charge is 2.25. The summed E-state index contributed by atoms with van der Waals surface area (Å²) in [6.45, 7) is 7.63. The van der Waals surface area contributed by atoms with Crippen molar-refractivity contribution in [2.24, 2.45) is 0 Å². The minimum Gasteiger partial charge on any atom is -0.497 e. The van der Waals surface area contributed by atoms with Crippen molar-refractivity contribution in [1.29, 1.82) is 0 Å². The van der Waals surface area contributed by atoms with E-state index in [0.717, 1.165) is 66.4 Å². The number of para-hydroxylation sites is 2. The molecule has 1 N–H and O–H groups in total. The zero-order valence-corrected chi connectivity index (χ0v) is 22.5. The van der Waals surface area contributed by atoms with E-state index in [-0.39, 0.29) is 5.91 Å². The monoisotopic (exact) mass is 501 g/mol. The van der Waals surface area contributed by atoms with Crippen LogP contribution >= 0.6 is 0 Å². The predicted molar refractivity (Wildman–Crippen MR) is 152 cm³/mol. The number of nitrogens with zero attached hydrogens (tertiary/aromatic N) is 2. The van der Waals surface area contributed by atoms with E-state index in [4.69, 9.17) is 9.47 Å². The Labute approximate surface area is 221 Å². The highest BCUT2D eigenvalue weighted by atomic mass is 16.5. The molecule has 3 aromatic rings. The summed E-state index contributed by atoms with van der Waals surface area (Å²) in [5, 5.41) is 3.53. The average Bonchev–Trinajstić information content (AvgIpc) is 3.09. The number of carbonyl (C=O) groups is 1. The van der Waals surface area contributed by atoms with Gasteiger partial charge in [0.05, 0.1) is 25.1 Å². The number of benzene rings is 3. The summed E-state index contributed by atoms with van der Waals surface area (Å²) in [5.41, 5.74) is 4.52. The maximum absolute atomic E-state index is 13.8. The van der Waals surface area contributed by atoms with Crippen LogP contribution in [0.5, 0.6) is 11.5 Å². The number of hydrogen-bond donors (Lipinski definition) is 1. The number of carbonyl (C=O) groups excluding carboxylic acids is 1. The second-order valence-electron chi connectivity index (χ2n) is 9.75. The Morgan fingerprint density at radius 2 is 1.86 bits per heavy atom. The van der Waals surface area contributed by atoms with Crippen molar-refractivity contribution in [2.45, 2.75) is 39.2 Å². The molecule has 0 saturated carbocycles. The molecule has 4 rings (SSSR count). The smallest absolute Gasteiger partial charge is 0.258 e. The minimum atomic E-state index is -0.0165. The molecule has 1 atom stereocenters. The summed E-state index contributed by atoms with van der Waals surface area (Å²) in [7, 11) is 3.80. The lowest BCUT2D eigenvalue weighted by Gasteiger charge is -2.23. The van der Waals surface area contributed by atoms with Crippen molar-refractivity contribution in [3.05, 3.63) is 72.3 Å². The third-order valence-corrected chi connectivity index (χ3v) is 6.80. The fourth-order valence-corrected chi connectivity index (χ4v) is 4.77. The fourth-order valence-electron chi connectivity index (χ4n) is 4.77. The summed E-state index contributed by atoms with van der Waals surface area (Å²) in [6, 6.07) is 22.1. The Hall–Kier alpha value is -3.51. The molecule has 37 heavy (non-hydrogen) atoms. The molecule has 6 nitrogen and oxygen atoms in total. The lowest BCUT2D eigenvalue weighted by atomic mass is 10.0. The molecule has 1 aliphatic heterocycles. The van der Waals surface area contributed by atoms with Crippen LogP contribution in [0.4, 0.5) is 11.4 Å². The van der Waals surface area contributed by atoms with Crippen molar-refractivity contribution in [2.75, 3.05) is 50.6 Å². The number of hydrogen-bond acceptors (Lipinski definition) is 5. The summed E-state index contributed by atoms with van der Waals surface area (Å²) >= 11 is 0. The van der Waals surface area contributed by atoms with E-state index in [1.807, 2.05) is 71.6 Å². The van der Waals surface area contributed by atoms with Crippen LogP contribution < -0.4 is 19.7 Å². The highest BCUT2D eigenvalue weighted by Crippen LogP contribution is 2.35. The summed E-state index contributed by atoms with van der Waals surface area (Å²) in [6.07, 6.45) is 2.93. The van der Waals surface area contributed by atoms with E-state index in [0.29, 0.717) is 24.8 Å². The summed E-state index contributed by atoms with van der Waals surface area (Å²) in [5.74, 6) is 1.51. The van der Waals surface area contributed by atoms with E-state index in [2.05, 4.69) is 31.1 Å². The first-order chi connectivity index (χ1) is 18.0. The molecule has 0 bridgehead atoms. The normalized spacial score (nSPS) is 15.1. The molecule has 3 aromatic carbocycles. The maximum atomic E-state index is 13.8. The van der Waals surface area contributed by atoms with Crippen molar-refractivity contribution in [3.8, 4) is 22.6 Å². The van der Waals surface area contributed by atoms with Crippen LogP contribution in [0.2, 0.25) is 0 Å². The second kappa shape index (κ2) is 12.6. The highest BCUT2D eigenvalue weighted by molar-refractivity contribution is 6.08. The third-order valence-electron chi connectivity index (χ3n) is 6.80. The first-order valence-electron chi connectivity index (χ1n) is 13.3. The molecule has 1 heterocycles. The van der Waals surface area contributed by atoms with Crippen molar-refractivity contribution in [1.82, 2.24) is 4.90 Å². The third kappa shape index (κ3) is 6.63. The van der Waals surface area contributed by atoms with E-state index >= 15 is 0 Å². The first kappa shape index (κ1) is 26.6. The quantitative estimate of drug-likeness (QED) is 0.329. The standard InChI is InChI=1S/C31H39N3O3/c1-5-18-33(3)19-8-21-37-30-22-25(13-16-27(30)24-11-14-26(36-4)15-12-24)31(35)34-20-17-23(2)32-28-9-6-7-10-29(28)34/h6-7,9-16,22-23,32H,5,8,17-21H2,1-4H3/t23-/m0/s1. The Kier molecular flexibility index (Phi) is 9.07.